The Morgan fingerprint density at radius 2 is 2.18 bits per heavy atom. The monoisotopic (exact) mass is 342 g/mol. The lowest BCUT2D eigenvalue weighted by molar-refractivity contribution is 0.268. The highest BCUT2D eigenvalue weighted by molar-refractivity contribution is 14.1. The van der Waals surface area contributed by atoms with Gasteiger partial charge in [-0.2, -0.15) is 0 Å². The lowest BCUT2D eigenvalue weighted by Crippen LogP contribution is -2.29. The van der Waals surface area contributed by atoms with Crippen molar-refractivity contribution in [2.75, 3.05) is 26.2 Å². The van der Waals surface area contributed by atoms with Crippen LogP contribution in [-0.2, 0) is 6.54 Å². The van der Waals surface area contributed by atoms with Crippen LogP contribution < -0.4 is 5.32 Å². The molecule has 1 N–H and O–H groups in total. The molecule has 3 rings (SSSR count). The Labute approximate surface area is 117 Å². The van der Waals surface area contributed by atoms with E-state index in [0.717, 1.165) is 6.54 Å². The van der Waals surface area contributed by atoms with Crippen molar-refractivity contribution in [3.8, 4) is 0 Å². The Kier molecular flexibility index (Phi) is 3.41. The maximum atomic E-state index is 3.52. The molecular weight excluding hydrogens is 323 g/mol. The van der Waals surface area contributed by atoms with Crippen LogP contribution in [0, 0.1) is 8.99 Å². The second-order valence-corrected chi connectivity index (χ2v) is 6.64. The number of likely N-dealkylation sites (tertiary alicyclic amines) is 1. The van der Waals surface area contributed by atoms with Crippen molar-refractivity contribution >= 4 is 22.6 Å². The third-order valence-electron chi connectivity index (χ3n) is 4.20. The fourth-order valence-corrected chi connectivity index (χ4v) is 3.73. The highest BCUT2D eigenvalue weighted by atomic mass is 127. The normalized spacial score (nSPS) is 29.2. The van der Waals surface area contributed by atoms with Gasteiger partial charge in [-0.3, -0.25) is 4.90 Å². The summed E-state index contributed by atoms with van der Waals surface area (Å²) in [7, 11) is 0. The van der Waals surface area contributed by atoms with Gasteiger partial charge < -0.3 is 5.32 Å². The van der Waals surface area contributed by atoms with E-state index in [1.54, 1.807) is 0 Å². The van der Waals surface area contributed by atoms with E-state index in [1.165, 1.54) is 48.2 Å². The molecule has 2 fully saturated rings. The van der Waals surface area contributed by atoms with Crippen molar-refractivity contribution in [3.05, 3.63) is 33.4 Å². The largest absolute Gasteiger partial charge is 0.316 e. The van der Waals surface area contributed by atoms with E-state index in [9.17, 15) is 0 Å². The van der Waals surface area contributed by atoms with E-state index in [-0.39, 0.29) is 0 Å². The van der Waals surface area contributed by atoms with Gasteiger partial charge in [0.05, 0.1) is 0 Å². The van der Waals surface area contributed by atoms with Gasteiger partial charge in [0.1, 0.15) is 0 Å². The molecule has 0 bridgehead atoms. The van der Waals surface area contributed by atoms with Crippen molar-refractivity contribution in [1.82, 2.24) is 10.2 Å². The summed E-state index contributed by atoms with van der Waals surface area (Å²) in [4.78, 5) is 2.63. The minimum Gasteiger partial charge on any atom is -0.316 e. The molecule has 0 saturated carbocycles. The molecule has 3 heteroatoms. The van der Waals surface area contributed by atoms with Crippen molar-refractivity contribution in [2.24, 2.45) is 5.41 Å². The molecule has 92 valence electrons. The van der Waals surface area contributed by atoms with E-state index < -0.39 is 0 Å². The van der Waals surface area contributed by atoms with Gasteiger partial charge in [-0.15, -0.1) is 0 Å². The Bertz CT molecular complexity index is 399. The molecule has 2 aliphatic heterocycles. The smallest absolute Gasteiger partial charge is 0.0244 e. The van der Waals surface area contributed by atoms with Crippen LogP contribution in [0.1, 0.15) is 18.4 Å². The van der Waals surface area contributed by atoms with Gasteiger partial charge in [-0.25, -0.2) is 0 Å². The third-order valence-corrected chi connectivity index (χ3v) is 5.25. The third kappa shape index (κ3) is 2.51. The number of rotatable bonds is 2. The summed E-state index contributed by atoms with van der Waals surface area (Å²) >= 11 is 2.45. The number of hydrogen-bond acceptors (Lipinski definition) is 2. The fourth-order valence-electron chi connectivity index (χ4n) is 3.17. The molecule has 1 aromatic carbocycles. The summed E-state index contributed by atoms with van der Waals surface area (Å²) in [6.07, 6.45) is 2.75. The second kappa shape index (κ2) is 4.86. The minimum absolute atomic E-state index is 0.597. The van der Waals surface area contributed by atoms with Crippen LogP contribution in [0.25, 0.3) is 0 Å². The van der Waals surface area contributed by atoms with Gasteiger partial charge in [0.2, 0.25) is 0 Å². The highest BCUT2D eigenvalue weighted by Gasteiger charge is 2.40. The average molecular weight is 342 g/mol. The van der Waals surface area contributed by atoms with Gasteiger partial charge in [0.25, 0.3) is 0 Å². The number of nitrogens with one attached hydrogen (secondary N) is 1. The molecule has 0 radical (unpaired) electrons. The lowest BCUT2D eigenvalue weighted by atomic mass is 9.87. The molecule has 0 amide bonds. The predicted molar refractivity (Wildman–Crippen MR) is 79.0 cm³/mol. The van der Waals surface area contributed by atoms with Crippen molar-refractivity contribution in [1.29, 1.82) is 0 Å². The minimum atomic E-state index is 0.597. The molecule has 0 aromatic heterocycles. The number of nitrogens with zero attached hydrogens (tertiary/aromatic N) is 1. The zero-order valence-corrected chi connectivity index (χ0v) is 12.2. The van der Waals surface area contributed by atoms with Crippen LogP contribution in [0.4, 0.5) is 0 Å². The first-order valence-corrected chi connectivity index (χ1v) is 7.52. The maximum Gasteiger partial charge on any atom is 0.0244 e. The Hall–Kier alpha value is -0.130. The summed E-state index contributed by atoms with van der Waals surface area (Å²) in [6, 6.07) is 8.75. The summed E-state index contributed by atoms with van der Waals surface area (Å²) in [6.45, 7) is 6.13. The van der Waals surface area contributed by atoms with Crippen LogP contribution in [-0.4, -0.2) is 31.1 Å². The Morgan fingerprint density at radius 1 is 1.29 bits per heavy atom. The number of halogens is 1. The maximum absolute atomic E-state index is 3.52. The molecule has 1 unspecified atom stereocenters. The lowest BCUT2D eigenvalue weighted by Gasteiger charge is -2.23. The van der Waals surface area contributed by atoms with E-state index in [1.807, 2.05) is 0 Å². The van der Waals surface area contributed by atoms with E-state index >= 15 is 0 Å². The molecule has 2 saturated heterocycles. The molecule has 1 aromatic rings. The van der Waals surface area contributed by atoms with Gasteiger partial charge >= 0.3 is 0 Å². The molecular formula is C14H19IN2. The molecule has 2 heterocycles. The Morgan fingerprint density at radius 3 is 2.94 bits per heavy atom. The SMILES string of the molecule is Ic1ccccc1CN1CCC2(CCNC2)C1. The molecule has 2 nitrogen and oxygen atoms in total. The van der Waals surface area contributed by atoms with Crippen LogP contribution in [0.15, 0.2) is 24.3 Å². The van der Waals surface area contributed by atoms with Crippen molar-refractivity contribution < 1.29 is 0 Å². The van der Waals surface area contributed by atoms with Crippen LogP contribution in [0.2, 0.25) is 0 Å². The van der Waals surface area contributed by atoms with Crippen LogP contribution in [0.5, 0.6) is 0 Å². The van der Waals surface area contributed by atoms with E-state index in [4.69, 9.17) is 0 Å². The summed E-state index contributed by atoms with van der Waals surface area (Å²) in [5.41, 5.74) is 2.08. The van der Waals surface area contributed by atoms with Crippen molar-refractivity contribution in [2.45, 2.75) is 19.4 Å². The second-order valence-electron chi connectivity index (χ2n) is 5.48. The topological polar surface area (TPSA) is 15.3 Å². The van der Waals surface area contributed by atoms with Crippen LogP contribution in [0.3, 0.4) is 0 Å². The van der Waals surface area contributed by atoms with Gasteiger partial charge in [0, 0.05) is 23.2 Å². The predicted octanol–water partition coefficient (Wildman–Crippen LogP) is 2.48. The number of hydrogen-bond donors (Lipinski definition) is 1. The van der Waals surface area contributed by atoms with Gasteiger partial charge in [-0.1, -0.05) is 18.2 Å². The first kappa shape index (κ1) is 11.9. The van der Waals surface area contributed by atoms with Crippen LogP contribution >= 0.6 is 22.6 Å². The van der Waals surface area contributed by atoms with Gasteiger partial charge in [-0.05, 0) is 65.6 Å². The molecule has 2 aliphatic rings. The summed E-state index contributed by atoms with van der Waals surface area (Å²) in [5, 5.41) is 3.52. The zero-order chi connectivity index (χ0) is 11.7. The summed E-state index contributed by atoms with van der Waals surface area (Å²) < 4.78 is 1.40. The first-order valence-electron chi connectivity index (χ1n) is 6.44. The zero-order valence-electron chi connectivity index (χ0n) is 10.1. The number of benzene rings is 1. The van der Waals surface area contributed by atoms with E-state index in [0.29, 0.717) is 5.41 Å². The molecule has 1 atom stereocenters. The molecule has 0 aliphatic carbocycles. The average Bonchev–Trinajstić information content (AvgIpc) is 2.94. The van der Waals surface area contributed by atoms with Gasteiger partial charge in [0.15, 0.2) is 0 Å². The van der Waals surface area contributed by atoms with Crippen molar-refractivity contribution in [3.63, 3.8) is 0 Å². The molecule has 1 spiro atoms. The fraction of sp³-hybridized carbons (Fsp3) is 0.571. The van der Waals surface area contributed by atoms with E-state index in [2.05, 4.69) is 57.1 Å². The standard InChI is InChI=1S/C14H19IN2/c15-13-4-2-1-3-12(13)9-17-8-6-14(11-17)5-7-16-10-14/h1-4,16H,5-11H2. The quantitative estimate of drug-likeness (QED) is 0.831. The highest BCUT2D eigenvalue weighted by Crippen LogP contribution is 2.36. The first-order chi connectivity index (χ1) is 8.27. The molecule has 17 heavy (non-hydrogen) atoms. The summed E-state index contributed by atoms with van der Waals surface area (Å²) in [5.74, 6) is 0. The Balaban J connectivity index is 1.66.